The lowest BCUT2D eigenvalue weighted by Crippen LogP contribution is -2.36. The van der Waals surface area contributed by atoms with Crippen LogP contribution in [0.15, 0.2) is 72.8 Å². The van der Waals surface area contributed by atoms with Crippen molar-refractivity contribution in [2.75, 3.05) is 0 Å². The fourth-order valence-corrected chi connectivity index (χ4v) is 4.55. The second-order valence-corrected chi connectivity index (χ2v) is 9.30. The Kier molecular flexibility index (Phi) is 5.87. The van der Waals surface area contributed by atoms with Crippen LogP contribution in [0.4, 0.5) is 0 Å². The first-order valence-corrected chi connectivity index (χ1v) is 10.1. The van der Waals surface area contributed by atoms with Gasteiger partial charge in [-0.3, -0.25) is 4.79 Å². The summed E-state index contributed by atoms with van der Waals surface area (Å²) in [5, 5.41) is 0. The SMILES string of the molecule is C=C1CC(CC(C)(C)SCc2ccccc2)N(Cc2ccccc2)C1=O. The molecular formula is C23H27NOS. The number of carbonyl (C=O) groups excluding carboxylic acids is 1. The highest BCUT2D eigenvalue weighted by Gasteiger charge is 2.37. The first-order chi connectivity index (χ1) is 12.4. The Morgan fingerprint density at radius 2 is 1.62 bits per heavy atom. The molecule has 1 saturated heterocycles. The zero-order chi connectivity index (χ0) is 18.6. The molecule has 2 aromatic carbocycles. The van der Waals surface area contributed by atoms with Crippen molar-refractivity contribution in [3.63, 3.8) is 0 Å². The molecule has 0 radical (unpaired) electrons. The van der Waals surface area contributed by atoms with E-state index in [4.69, 9.17) is 0 Å². The van der Waals surface area contributed by atoms with Gasteiger partial charge in [0.1, 0.15) is 0 Å². The lowest BCUT2D eigenvalue weighted by atomic mass is 9.99. The van der Waals surface area contributed by atoms with Crippen LogP contribution in [-0.4, -0.2) is 21.6 Å². The summed E-state index contributed by atoms with van der Waals surface area (Å²) in [4.78, 5) is 14.6. The average molecular weight is 366 g/mol. The Morgan fingerprint density at radius 3 is 2.23 bits per heavy atom. The van der Waals surface area contributed by atoms with E-state index >= 15 is 0 Å². The summed E-state index contributed by atoms with van der Waals surface area (Å²) < 4.78 is 0.0976. The van der Waals surface area contributed by atoms with Gasteiger partial charge in [0.15, 0.2) is 0 Å². The van der Waals surface area contributed by atoms with Crippen molar-refractivity contribution in [3.8, 4) is 0 Å². The largest absolute Gasteiger partial charge is 0.331 e. The Labute approximate surface area is 161 Å². The quantitative estimate of drug-likeness (QED) is 0.609. The molecule has 1 heterocycles. The first-order valence-electron chi connectivity index (χ1n) is 9.15. The molecule has 0 aliphatic carbocycles. The molecule has 0 spiro atoms. The van der Waals surface area contributed by atoms with Crippen molar-refractivity contribution in [1.29, 1.82) is 0 Å². The number of hydrogen-bond donors (Lipinski definition) is 0. The van der Waals surface area contributed by atoms with Crippen molar-refractivity contribution in [3.05, 3.63) is 83.9 Å². The second-order valence-electron chi connectivity index (χ2n) is 7.62. The van der Waals surface area contributed by atoms with Gasteiger partial charge < -0.3 is 4.90 Å². The molecule has 136 valence electrons. The molecule has 2 nitrogen and oxygen atoms in total. The molecule has 1 aliphatic rings. The average Bonchev–Trinajstić information content (AvgIpc) is 2.89. The fraction of sp³-hybridized carbons (Fsp3) is 0.348. The molecule has 1 fully saturated rings. The standard InChI is InChI=1S/C23H27NOS/c1-18-14-21(24(22(18)25)16-19-10-6-4-7-11-19)15-23(2,3)26-17-20-12-8-5-9-13-20/h4-13,21H,1,14-17H2,2-3H3. The molecule has 1 amide bonds. The summed E-state index contributed by atoms with van der Waals surface area (Å²) in [6.07, 6.45) is 1.75. The van der Waals surface area contributed by atoms with Crippen molar-refractivity contribution in [2.24, 2.45) is 0 Å². The number of thioether (sulfide) groups is 1. The monoisotopic (exact) mass is 365 g/mol. The maximum absolute atomic E-state index is 12.6. The van der Waals surface area contributed by atoms with Crippen molar-refractivity contribution in [2.45, 2.75) is 49.8 Å². The molecule has 1 atom stereocenters. The summed E-state index contributed by atoms with van der Waals surface area (Å²) >= 11 is 1.96. The number of carbonyl (C=O) groups is 1. The van der Waals surface area contributed by atoms with E-state index in [1.807, 2.05) is 34.9 Å². The number of nitrogens with zero attached hydrogens (tertiary/aromatic N) is 1. The minimum atomic E-state index is 0.0976. The van der Waals surface area contributed by atoms with Crippen LogP contribution >= 0.6 is 11.8 Å². The maximum Gasteiger partial charge on any atom is 0.249 e. The van der Waals surface area contributed by atoms with Gasteiger partial charge in [-0.05, 0) is 24.0 Å². The van der Waals surface area contributed by atoms with Gasteiger partial charge in [-0.2, -0.15) is 11.8 Å². The lowest BCUT2D eigenvalue weighted by molar-refractivity contribution is -0.126. The molecule has 3 rings (SSSR count). The number of benzene rings is 2. The van der Waals surface area contributed by atoms with Crippen LogP contribution in [0.25, 0.3) is 0 Å². The summed E-state index contributed by atoms with van der Waals surface area (Å²) in [5.41, 5.74) is 3.27. The van der Waals surface area contributed by atoms with Crippen LogP contribution in [0, 0.1) is 0 Å². The van der Waals surface area contributed by atoms with Crippen molar-refractivity contribution < 1.29 is 4.79 Å². The highest BCUT2D eigenvalue weighted by Crippen LogP contribution is 2.37. The zero-order valence-corrected chi connectivity index (χ0v) is 16.5. The molecule has 2 aromatic rings. The predicted octanol–water partition coefficient (Wildman–Crippen LogP) is 5.45. The van der Waals surface area contributed by atoms with Gasteiger partial charge in [0.05, 0.1) is 0 Å². The molecule has 0 aromatic heterocycles. The Hall–Kier alpha value is -2.00. The Balaban J connectivity index is 1.65. The Bertz CT molecular complexity index is 754. The molecule has 0 saturated carbocycles. The number of amides is 1. The summed E-state index contributed by atoms with van der Waals surface area (Å²) in [5.74, 6) is 1.11. The summed E-state index contributed by atoms with van der Waals surface area (Å²) in [6.45, 7) is 9.24. The van der Waals surface area contributed by atoms with E-state index in [2.05, 4.69) is 62.9 Å². The normalized spacial score (nSPS) is 17.8. The Morgan fingerprint density at radius 1 is 1.04 bits per heavy atom. The third-order valence-corrected chi connectivity index (χ3v) is 6.31. The number of rotatable bonds is 7. The second kappa shape index (κ2) is 8.13. The number of hydrogen-bond acceptors (Lipinski definition) is 2. The van der Waals surface area contributed by atoms with Gasteiger partial charge in [-0.25, -0.2) is 0 Å². The molecule has 0 bridgehead atoms. The van der Waals surface area contributed by atoms with Crippen LogP contribution < -0.4 is 0 Å². The smallest absolute Gasteiger partial charge is 0.249 e. The number of likely N-dealkylation sites (tertiary alicyclic amines) is 1. The van der Waals surface area contributed by atoms with Crippen LogP contribution in [-0.2, 0) is 17.1 Å². The van der Waals surface area contributed by atoms with Crippen LogP contribution in [0.3, 0.4) is 0 Å². The molecular weight excluding hydrogens is 338 g/mol. The van der Waals surface area contributed by atoms with Gasteiger partial charge in [-0.1, -0.05) is 81.1 Å². The maximum atomic E-state index is 12.6. The molecule has 26 heavy (non-hydrogen) atoms. The van der Waals surface area contributed by atoms with Crippen LogP contribution in [0.5, 0.6) is 0 Å². The molecule has 1 aliphatic heterocycles. The lowest BCUT2D eigenvalue weighted by Gasteiger charge is -2.32. The van der Waals surface area contributed by atoms with E-state index in [0.717, 1.165) is 24.2 Å². The van der Waals surface area contributed by atoms with E-state index in [1.54, 1.807) is 0 Å². The van der Waals surface area contributed by atoms with E-state index < -0.39 is 0 Å². The van der Waals surface area contributed by atoms with Gasteiger partial charge in [0, 0.05) is 28.7 Å². The highest BCUT2D eigenvalue weighted by atomic mass is 32.2. The van der Waals surface area contributed by atoms with E-state index in [-0.39, 0.29) is 16.7 Å². The fourth-order valence-electron chi connectivity index (χ4n) is 3.49. The summed E-state index contributed by atoms with van der Waals surface area (Å²) in [7, 11) is 0. The molecule has 1 unspecified atom stereocenters. The van der Waals surface area contributed by atoms with Gasteiger partial charge in [0.25, 0.3) is 0 Å². The first kappa shape index (κ1) is 18.8. The zero-order valence-electron chi connectivity index (χ0n) is 15.7. The third-order valence-electron chi connectivity index (χ3n) is 4.88. The van der Waals surface area contributed by atoms with Crippen LogP contribution in [0.1, 0.15) is 37.8 Å². The molecule has 0 N–H and O–H groups in total. The van der Waals surface area contributed by atoms with Crippen LogP contribution in [0.2, 0.25) is 0 Å². The van der Waals surface area contributed by atoms with Gasteiger partial charge >= 0.3 is 0 Å². The molecule has 3 heteroatoms. The summed E-state index contributed by atoms with van der Waals surface area (Å²) in [6, 6.07) is 21.0. The third kappa shape index (κ3) is 4.79. The van der Waals surface area contributed by atoms with Gasteiger partial charge in [0.2, 0.25) is 5.91 Å². The minimum Gasteiger partial charge on any atom is -0.331 e. The minimum absolute atomic E-state index is 0.0976. The predicted molar refractivity (Wildman–Crippen MR) is 111 cm³/mol. The topological polar surface area (TPSA) is 20.3 Å². The van der Waals surface area contributed by atoms with E-state index in [1.165, 1.54) is 11.1 Å². The van der Waals surface area contributed by atoms with Crippen molar-refractivity contribution >= 4 is 17.7 Å². The highest BCUT2D eigenvalue weighted by molar-refractivity contribution is 7.99. The van der Waals surface area contributed by atoms with E-state index in [0.29, 0.717) is 6.54 Å². The van der Waals surface area contributed by atoms with Crippen molar-refractivity contribution in [1.82, 2.24) is 4.90 Å². The van der Waals surface area contributed by atoms with Gasteiger partial charge in [-0.15, -0.1) is 0 Å². The van der Waals surface area contributed by atoms with E-state index in [9.17, 15) is 4.79 Å².